The number of rotatable bonds is 4. The van der Waals surface area contributed by atoms with E-state index in [0.717, 1.165) is 10.8 Å². The normalized spacial score (nSPS) is 23.1. The van der Waals surface area contributed by atoms with Gasteiger partial charge in [0.25, 0.3) is 5.56 Å². The van der Waals surface area contributed by atoms with Crippen molar-refractivity contribution >= 4 is 5.82 Å². The highest BCUT2D eigenvalue weighted by atomic mass is 16.6. The standard InChI is InChI=1S/C13H15N5O7/c1-6-14-10(18(23)24)4-16(6)7-3-17(13(22)15-12(7)21)11-2-8(20)9(5-19)25-11/h3-4,8-9,11,19-20H,2,5H2,1H3,(H,15,21,22)/t8-,9+,11-/m0/s1. The second-order valence-electron chi connectivity index (χ2n) is 5.57. The van der Waals surface area contributed by atoms with Crippen LogP contribution in [0.5, 0.6) is 0 Å². The van der Waals surface area contributed by atoms with Crippen molar-refractivity contribution in [2.75, 3.05) is 6.61 Å². The van der Waals surface area contributed by atoms with Crippen molar-refractivity contribution in [3.8, 4) is 5.69 Å². The van der Waals surface area contributed by atoms with Crippen molar-refractivity contribution in [2.45, 2.75) is 31.8 Å². The number of aromatic nitrogens is 4. The Morgan fingerprint density at radius 3 is 2.76 bits per heavy atom. The molecule has 134 valence electrons. The highest BCUT2D eigenvalue weighted by molar-refractivity contribution is 5.32. The molecule has 0 amide bonds. The van der Waals surface area contributed by atoms with Gasteiger partial charge in [0, 0.05) is 19.5 Å². The maximum Gasteiger partial charge on any atom is 0.382 e. The summed E-state index contributed by atoms with van der Waals surface area (Å²) in [6.45, 7) is 1.05. The van der Waals surface area contributed by atoms with Crippen LogP contribution in [-0.4, -0.2) is 53.1 Å². The van der Waals surface area contributed by atoms with Gasteiger partial charge >= 0.3 is 11.5 Å². The molecule has 3 atom stereocenters. The lowest BCUT2D eigenvalue weighted by atomic mass is 10.2. The van der Waals surface area contributed by atoms with Crippen molar-refractivity contribution in [3.05, 3.63) is 49.2 Å². The SMILES string of the molecule is Cc1nc([N+](=O)[O-])cn1-c1cn([C@@H]2C[C@H](O)[C@@H](CO)O2)c(=O)[nH]c1=O. The topological polar surface area (TPSA) is 166 Å². The first-order chi connectivity index (χ1) is 11.8. The predicted molar refractivity (Wildman–Crippen MR) is 81.5 cm³/mol. The number of nitrogens with zero attached hydrogens (tertiary/aromatic N) is 4. The van der Waals surface area contributed by atoms with Crippen LogP contribution in [0.1, 0.15) is 18.5 Å². The number of H-pyrrole nitrogens is 1. The van der Waals surface area contributed by atoms with E-state index in [2.05, 4.69) is 9.97 Å². The quantitative estimate of drug-likeness (QED) is 0.445. The van der Waals surface area contributed by atoms with Gasteiger partial charge < -0.3 is 25.1 Å². The number of aliphatic hydroxyl groups is 2. The molecule has 1 fully saturated rings. The molecule has 3 rings (SSSR count). The molecule has 2 aromatic heterocycles. The zero-order chi connectivity index (χ0) is 18.3. The predicted octanol–water partition coefficient (Wildman–Crippen LogP) is -1.42. The number of aliphatic hydroxyl groups excluding tert-OH is 2. The Bertz CT molecular complexity index is 930. The van der Waals surface area contributed by atoms with E-state index in [9.17, 15) is 24.8 Å². The molecule has 0 aliphatic carbocycles. The molecule has 1 aliphatic rings. The van der Waals surface area contributed by atoms with Crippen LogP contribution in [0.4, 0.5) is 5.82 Å². The van der Waals surface area contributed by atoms with Crippen LogP contribution in [0.2, 0.25) is 0 Å². The van der Waals surface area contributed by atoms with Crippen molar-refractivity contribution in [2.24, 2.45) is 0 Å². The monoisotopic (exact) mass is 353 g/mol. The van der Waals surface area contributed by atoms with E-state index in [1.807, 2.05) is 0 Å². The van der Waals surface area contributed by atoms with Gasteiger partial charge in [-0.15, -0.1) is 0 Å². The molecule has 0 bridgehead atoms. The van der Waals surface area contributed by atoms with Crippen LogP contribution in [0.25, 0.3) is 5.69 Å². The maximum atomic E-state index is 12.1. The summed E-state index contributed by atoms with van der Waals surface area (Å²) in [6, 6.07) is 0. The average molecular weight is 353 g/mol. The summed E-state index contributed by atoms with van der Waals surface area (Å²) in [6.07, 6.45) is -0.419. The zero-order valence-electron chi connectivity index (χ0n) is 13.0. The van der Waals surface area contributed by atoms with Crippen LogP contribution in [-0.2, 0) is 4.74 Å². The third-order valence-corrected chi connectivity index (χ3v) is 3.96. The summed E-state index contributed by atoms with van der Waals surface area (Å²) in [5.41, 5.74) is -1.59. The Balaban J connectivity index is 2.07. The number of nitrogens with one attached hydrogen (secondary N) is 1. The number of imidazole rings is 1. The van der Waals surface area contributed by atoms with E-state index >= 15 is 0 Å². The third-order valence-electron chi connectivity index (χ3n) is 3.96. The van der Waals surface area contributed by atoms with Crippen LogP contribution < -0.4 is 11.2 Å². The number of hydrogen-bond donors (Lipinski definition) is 3. The third kappa shape index (κ3) is 2.97. The van der Waals surface area contributed by atoms with E-state index in [1.54, 1.807) is 0 Å². The molecule has 12 nitrogen and oxygen atoms in total. The molecular weight excluding hydrogens is 338 g/mol. The molecule has 2 aromatic rings. The Morgan fingerprint density at radius 1 is 1.48 bits per heavy atom. The summed E-state index contributed by atoms with van der Waals surface area (Å²) in [5.74, 6) is -0.259. The van der Waals surface area contributed by atoms with Crippen LogP contribution in [0.3, 0.4) is 0 Å². The molecule has 3 N–H and O–H groups in total. The molecule has 0 radical (unpaired) electrons. The fourth-order valence-corrected chi connectivity index (χ4v) is 2.70. The van der Waals surface area contributed by atoms with E-state index in [4.69, 9.17) is 9.84 Å². The number of aromatic amines is 1. The van der Waals surface area contributed by atoms with Gasteiger partial charge in [0.1, 0.15) is 24.2 Å². The van der Waals surface area contributed by atoms with E-state index in [0.29, 0.717) is 0 Å². The summed E-state index contributed by atoms with van der Waals surface area (Å²) >= 11 is 0. The van der Waals surface area contributed by atoms with E-state index in [1.165, 1.54) is 17.7 Å². The Labute approximate surface area is 139 Å². The van der Waals surface area contributed by atoms with Crippen molar-refractivity contribution in [3.63, 3.8) is 0 Å². The number of nitro groups is 1. The van der Waals surface area contributed by atoms with Gasteiger partial charge in [0.2, 0.25) is 5.82 Å². The number of hydrogen-bond acceptors (Lipinski definition) is 8. The van der Waals surface area contributed by atoms with Gasteiger partial charge in [-0.05, 0) is 9.91 Å². The molecule has 25 heavy (non-hydrogen) atoms. The molecule has 0 spiro atoms. The molecule has 1 aliphatic heterocycles. The fraction of sp³-hybridized carbons (Fsp3) is 0.462. The van der Waals surface area contributed by atoms with E-state index in [-0.39, 0.29) is 17.9 Å². The summed E-state index contributed by atoms with van der Waals surface area (Å²) in [4.78, 5) is 40.1. The lowest BCUT2D eigenvalue weighted by Gasteiger charge is -2.15. The van der Waals surface area contributed by atoms with Gasteiger partial charge in [-0.1, -0.05) is 0 Å². The van der Waals surface area contributed by atoms with Crippen molar-refractivity contribution in [1.82, 2.24) is 19.1 Å². The zero-order valence-corrected chi connectivity index (χ0v) is 13.0. The van der Waals surface area contributed by atoms with Gasteiger partial charge in [0.15, 0.2) is 0 Å². The second kappa shape index (κ2) is 6.23. The lowest BCUT2D eigenvalue weighted by molar-refractivity contribution is -0.389. The van der Waals surface area contributed by atoms with Crippen molar-refractivity contribution < 1.29 is 19.9 Å². The van der Waals surface area contributed by atoms with Gasteiger partial charge in [-0.3, -0.25) is 18.9 Å². The first kappa shape index (κ1) is 17.0. The minimum atomic E-state index is -0.964. The Hall–Kier alpha value is -2.83. The fourth-order valence-electron chi connectivity index (χ4n) is 2.70. The molecule has 0 unspecified atom stereocenters. The average Bonchev–Trinajstić information content (AvgIpc) is 3.10. The molecule has 12 heteroatoms. The van der Waals surface area contributed by atoms with Crippen LogP contribution in [0.15, 0.2) is 22.0 Å². The highest BCUT2D eigenvalue weighted by Crippen LogP contribution is 2.27. The number of aryl methyl sites for hydroxylation is 1. The smallest absolute Gasteiger partial charge is 0.382 e. The largest absolute Gasteiger partial charge is 0.394 e. The van der Waals surface area contributed by atoms with Crippen molar-refractivity contribution in [1.29, 1.82) is 0 Å². The second-order valence-corrected chi connectivity index (χ2v) is 5.57. The summed E-state index contributed by atoms with van der Waals surface area (Å²) in [7, 11) is 0. The summed E-state index contributed by atoms with van der Waals surface area (Å²) < 4.78 is 7.64. The molecular formula is C13H15N5O7. The van der Waals surface area contributed by atoms with E-state index < -0.39 is 47.0 Å². The lowest BCUT2D eigenvalue weighted by Crippen LogP contribution is -2.34. The summed E-state index contributed by atoms with van der Waals surface area (Å²) in [5, 5.41) is 29.8. The highest BCUT2D eigenvalue weighted by Gasteiger charge is 2.35. The minimum Gasteiger partial charge on any atom is -0.394 e. The van der Waals surface area contributed by atoms with Crippen LogP contribution >= 0.6 is 0 Å². The van der Waals surface area contributed by atoms with Gasteiger partial charge in [-0.2, -0.15) is 0 Å². The van der Waals surface area contributed by atoms with Gasteiger partial charge in [0.05, 0.1) is 12.7 Å². The first-order valence-electron chi connectivity index (χ1n) is 7.32. The Kier molecular flexibility index (Phi) is 4.24. The van der Waals surface area contributed by atoms with Gasteiger partial charge in [-0.25, -0.2) is 4.79 Å². The molecule has 0 saturated carbocycles. The Morgan fingerprint density at radius 2 is 2.20 bits per heavy atom. The molecule has 3 heterocycles. The molecule has 0 aromatic carbocycles. The number of ether oxygens (including phenoxy) is 1. The maximum absolute atomic E-state index is 12.1. The molecule has 1 saturated heterocycles. The first-order valence-corrected chi connectivity index (χ1v) is 7.32. The minimum absolute atomic E-state index is 0.0413. The van der Waals surface area contributed by atoms with Crippen LogP contribution in [0, 0.1) is 17.0 Å².